The van der Waals surface area contributed by atoms with Crippen LogP contribution in [0.2, 0.25) is 0 Å². The first kappa shape index (κ1) is 13.1. The zero-order valence-corrected chi connectivity index (χ0v) is 10.1. The monoisotopic (exact) mass is 284 g/mol. The van der Waals surface area contributed by atoms with Crippen LogP contribution < -0.4 is 5.73 Å². The van der Waals surface area contributed by atoms with E-state index < -0.39 is 31.4 Å². The van der Waals surface area contributed by atoms with Gasteiger partial charge >= 0.3 is 0 Å². The number of rotatable bonds is 2. The van der Waals surface area contributed by atoms with Crippen LogP contribution >= 0.6 is 0 Å². The van der Waals surface area contributed by atoms with Crippen molar-refractivity contribution in [3.63, 3.8) is 0 Å². The molecule has 0 aromatic heterocycles. The Balaban J connectivity index is 3.04. The van der Waals surface area contributed by atoms with E-state index in [0.29, 0.717) is 6.07 Å². The quantitative estimate of drug-likeness (QED) is 0.247. The number of nitro groups is 1. The minimum absolute atomic E-state index is 0.0773. The third-order valence-corrected chi connectivity index (χ3v) is 3.44. The van der Waals surface area contributed by atoms with Gasteiger partial charge in [-0.2, -0.15) is 8.42 Å². The van der Waals surface area contributed by atoms with E-state index >= 15 is 0 Å². The van der Waals surface area contributed by atoms with Crippen LogP contribution in [0.25, 0.3) is 10.8 Å². The van der Waals surface area contributed by atoms with Crippen LogP contribution in [0.1, 0.15) is 0 Å². The summed E-state index contributed by atoms with van der Waals surface area (Å²) in [6.07, 6.45) is 0. The SMILES string of the molecule is Nc1ccc2cc([N+](=O)[O-])cc(S(=O)(=O)O)c2c1O. The molecule has 19 heavy (non-hydrogen) atoms. The highest BCUT2D eigenvalue weighted by Gasteiger charge is 2.22. The molecule has 2 aromatic rings. The van der Waals surface area contributed by atoms with Crippen molar-refractivity contribution >= 4 is 32.3 Å². The highest BCUT2D eigenvalue weighted by atomic mass is 32.2. The number of hydrogen-bond acceptors (Lipinski definition) is 6. The molecule has 0 aliphatic rings. The van der Waals surface area contributed by atoms with Crippen LogP contribution in [0.5, 0.6) is 5.75 Å². The number of nitrogens with two attached hydrogens (primary N) is 1. The zero-order chi connectivity index (χ0) is 14.4. The molecule has 0 heterocycles. The molecule has 0 fully saturated rings. The maximum atomic E-state index is 11.3. The van der Waals surface area contributed by atoms with Crippen molar-refractivity contribution in [2.24, 2.45) is 0 Å². The van der Waals surface area contributed by atoms with Crippen molar-refractivity contribution in [3.8, 4) is 5.75 Å². The number of hydrogen-bond donors (Lipinski definition) is 3. The average molecular weight is 284 g/mol. The Labute approximate surface area is 107 Å². The Bertz CT molecular complexity index is 799. The summed E-state index contributed by atoms with van der Waals surface area (Å²) in [5.74, 6) is -0.556. The molecule has 0 bridgehead atoms. The lowest BCUT2D eigenvalue weighted by atomic mass is 10.1. The van der Waals surface area contributed by atoms with Crippen LogP contribution in [0.4, 0.5) is 11.4 Å². The summed E-state index contributed by atoms with van der Waals surface area (Å²) >= 11 is 0. The number of phenolic OH excluding ortho intramolecular Hbond substituents is 1. The molecule has 4 N–H and O–H groups in total. The van der Waals surface area contributed by atoms with Gasteiger partial charge in [0.2, 0.25) is 0 Å². The minimum Gasteiger partial charge on any atom is -0.505 e. The van der Waals surface area contributed by atoms with E-state index in [9.17, 15) is 23.6 Å². The number of nitrogen functional groups attached to an aromatic ring is 1. The van der Waals surface area contributed by atoms with Crippen molar-refractivity contribution in [1.29, 1.82) is 0 Å². The lowest BCUT2D eigenvalue weighted by Gasteiger charge is -2.08. The molecule has 0 atom stereocenters. The van der Waals surface area contributed by atoms with E-state index in [0.717, 1.165) is 6.07 Å². The van der Waals surface area contributed by atoms with Gasteiger partial charge in [-0.3, -0.25) is 14.7 Å². The van der Waals surface area contributed by atoms with Crippen molar-refractivity contribution in [2.75, 3.05) is 5.73 Å². The average Bonchev–Trinajstić information content (AvgIpc) is 2.31. The molecule has 0 amide bonds. The Morgan fingerprint density at radius 2 is 1.89 bits per heavy atom. The molecular weight excluding hydrogens is 276 g/mol. The fourth-order valence-electron chi connectivity index (χ4n) is 1.72. The van der Waals surface area contributed by atoms with E-state index in [2.05, 4.69) is 0 Å². The van der Waals surface area contributed by atoms with E-state index in [1.807, 2.05) is 0 Å². The second kappa shape index (κ2) is 4.07. The summed E-state index contributed by atoms with van der Waals surface area (Å²) in [4.78, 5) is 9.15. The normalized spacial score (nSPS) is 11.6. The van der Waals surface area contributed by atoms with E-state index in [-0.39, 0.29) is 16.5 Å². The predicted molar refractivity (Wildman–Crippen MR) is 66.5 cm³/mol. The van der Waals surface area contributed by atoms with Crippen molar-refractivity contribution < 1.29 is 23.0 Å². The molecule has 0 saturated heterocycles. The highest BCUT2D eigenvalue weighted by Crippen LogP contribution is 2.37. The van der Waals surface area contributed by atoms with E-state index in [4.69, 9.17) is 10.3 Å². The third kappa shape index (κ3) is 2.16. The van der Waals surface area contributed by atoms with Gasteiger partial charge in [-0.05, 0) is 11.5 Å². The van der Waals surface area contributed by atoms with Crippen LogP contribution in [-0.2, 0) is 10.1 Å². The fourth-order valence-corrected chi connectivity index (χ4v) is 2.46. The number of benzene rings is 2. The second-order valence-corrected chi connectivity index (χ2v) is 5.17. The first-order valence-electron chi connectivity index (χ1n) is 4.89. The van der Waals surface area contributed by atoms with Crippen LogP contribution in [0, 0.1) is 10.1 Å². The van der Waals surface area contributed by atoms with Gasteiger partial charge in [0.25, 0.3) is 15.8 Å². The lowest BCUT2D eigenvalue weighted by molar-refractivity contribution is -0.384. The topological polar surface area (TPSA) is 144 Å². The number of nitrogens with zero attached hydrogens (tertiary/aromatic N) is 1. The Kier molecular flexibility index (Phi) is 2.80. The van der Waals surface area contributed by atoms with E-state index in [1.54, 1.807) is 0 Å². The highest BCUT2D eigenvalue weighted by molar-refractivity contribution is 7.86. The molecule has 0 radical (unpaired) electrons. The smallest absolute Gasteiger partial charge is 0.295 e. The van der Waals surface area contributed by atoms with Crippen molar-refractivity contribution in [1.82, 2.24) is 0 Å². The standard InChI is InChI=1S/C10H8N2O6S/c11-7-2-1-5-3-6(12(14)15)4-8(19(16,17)18)9(5)10(7)13/h1-4,13H,11H2,(H,16,17,18). The summed E-state index contributed by atoms with van der Waals surface area (Å²) in [7, 11) is -4.74. The zero-order valence-electron chi connectivity index (χ0n) is 9.27. The Morgan fingerprint density at radius 1 is 1.26 bits per heavy atom. The van der Waals surface area contributed by atoms with Gasteiger partial charge in [0.05, 0.1) is 10.6 Å². The van der Waals surface area contributed by atoms with Crippen LogP contribution in [-0.4, -0.2) is 23.0 Å². The molecule has 0 aliphatic heterocycles. The van der Waals surface area contributed by atoms with Crippen LogP contribution in [0.15, 0.2) is 29.2 Å². The molecule has 2 rings (SSSR count). The van der Waals surface area contributed by atoms with Crippen LogP contribution in [0.3, 0.4) is 0 Å². The molecule has 0 unspecified atom stereocenters. The van der Waals surface area contributed by atoms with Gasteiger partial charge in [0, 0.05) is 17.5 Å². The van der Waals surface area contributed by atoms with Crippen molar-refractivity contribution in [3.05, 3.63) is 34.4 Å². The fraction of sp³-hybridized carbons (Fsp3) is 0. The molecule has 8 nitrogen and oxygen atoms in total. The van der Waals surface area contributed by atoms with Gasteiger partial charge < -0.3 is 10.8 Å². The molecule has 0 saturated carbocycles. The number of aromatic hydroxyl groups is 1. The number of nitro benzene ring substituents is 1. The number of anilines is 1. The van der Waals surface area contributed by atoms with Gasteiger partial charge in [-0.25, -0.2) is 0 Å². The Hall–Kier alpha value is -2.39. The van der Waals surface area contributed by atoms with Gasteiger partial charge in [-0.1, -0.05) is 6.07 Å². The lowest BCUT2D eigenvalue weighted by Crippen LogP contribution is -2.02. The largest absolute Gasteiger partial charge is 0.505 e. The Morgan fingerprint density at radius 3 is 2.42 bits per heavy atom. The van der Waals surface area contributed by atoms with Crippen molar-refractivity contribution in [2.45, 2.75) is 4.90 Å². The molecule has 9 heteroatoms. The number of fused-ring (bicyclic) bond motifs is 1. The summed E-state index contributed by atoms with van der Waals surface area (Å²) in [6.45, 7) is 0. The number of non-ortho nitro benzene ring substituents is 1. The predicted octanol–water partition coefficient (Wildman–Crippen LogP) is 1.28. The summed E-state index contributed by atoms with van der Waals surface area (Å²) < 4.78 is 31.6. The first-order chi connectivity index (χ1) is 8.71. The molecule has 0 spiro atoms. The molecular formula is C10H8N2O6S. The maximum absolute atomic E-state index is 11.3. The first-order valence-corrected chi connectivity index (χ1v) is 6.33. The number of phenols is 1. The molecule has 100 valence electrons. The summed E-state index contributed by atoms with van der Waals surface area (Å²) in [5.41, 5.74) is 4.81. The second-order valence-electron chi connectivity index (χ2n) is 3.78. The van der Waals surface area contributed by atoms with Gasteiger partial charge in [0.1, 0.15) is 10.6 Å². The molecule has 0 aliphatic carbocycles. The van der Waals surface area contributed by atoms with E-state index in [1.165, 1.54) is 12.1 Å². The molecule has 2 aromatic carbocycles. The van der Waals surface area contributed by atoms with Gasteiger partial charge in [-0.15, -0.1) is 0 Å². The summed E-state index contributed by atoms with van der Waals surface area (Å²) in [6, 6.07) is 4.32. The van der Waals surface area contributed by atoms with Gasteiger partial charge in [0.15, 0.2) is 0 Å². The summed E-state index contributed by atoms with van der Waals surface area (Å²) in [5, 5.41) is 20.3. The minimum atomic E-state index is -4.74. The third-order valence-electron chi connectivity index (χ3n) is 2.56. The maximum Gasteiger partial charge on any atom is 0.295 e.